The molecule has 0 bridgehead atoms. The van der Waals surface area contributed by atoms with Crippen LogP contribution in [-0.4, -0.2) is 21.7 Å². The van der Waals surface area contributed by atoms with Crippen molar-refractivity contribution < 1.29 is 4.74 Å². The molecule has 1 aliphatic rings. The quantitative estimate of drug-likeness (QED) is 0.862. The summed E-state index contributed by atoms with van der Waals surface area (Å²) in [6, 6.07) is 1.50. The van der Waals surface area contributed by atoms with Gasteiger partial charge in [0, 0.05) is 17.8 Å². The molecule has 0 atom stereocenters. The van der Waals surface area contributed by atoms with E-state index in [1.54, 1.807) is 11.7 Å². The second kappa shape index (κ2) is 4.65. The lowest BCUT2D eigenvalue weighted by molar-refractivity contribution is 0.163. The molecule has 1 N–H and O–H groups in total. The van der Waals surface area contributed by atoms with Crippen molar-refractivity contribution in [1.82, 2.24) is 9.78 Å². The van der Waals surface area contributed by atoms with Gasteiger partial charge in [-0.15, -0.1) is 0 Å². The molecule has 0 saturated heterocycles. The minimum absolute atomic E-state index is 0.114. The van der Waals surface area contributed by atoms with Crippen LogP contribution in [0, 0.1) is 5.41 Å². The molecule has 1 saturated carbocycles. The lowest BCUT2D eigenvalue weighted by Crippen LogP contribution is -2.27. The summed E-state index contributed by atoms with van der Waals surface area (Å²) < 4.78 is 7.36. The van der Waals surface area contributed by atoms with Gasteiger partial charge in [-0.1, -0.05) is 28.8 Å². The zero-order chi connectivity index (χ0) is 11.6. The first-order valence-corrected chi connectivity index (χ1v) is 6.72. The Morgan fingerprint density at radius 3 is 2.75 bits per heavy atom. The first kappa shape index (κ1) is 11.8. The van der Waals surface area contributed by atoms with E-state index in [0.717, 1.165) is 5.33 Å². The molecule has 1 aromatic heterocycles. The van der Waals surface area contributed by atoms with Crippen molar-refractivity contribution in [1.29, 1.82) is 0 Å². The predicted molar refractivity (Wildman–Crippen MR) is 66.2 cm³/mol. The number of H-pyrrole nitrogens is 1. The molecule has 5 heteroatoms. The van der Waals surface area contributed by atoms with Crippen LogP contribution < -0.4 is 10.3 Å². The Kier molecular flexibility index (Phi) is 3.42. The number of nitrogens with zero attached hydrogens (tertiary/aromatic N) is 1. The van der Waals surface area contributed by atoms with Crippen LogP contribution in [0.1, 0.15) is 25.7 Å². The number of alkyl halides is 1. The molecule has 1 fully saturated rings. The molecule has 1 heterocycles. The fourth-order valence-corrected chi connectivity index (χ4v) is 2.99. The van der Waals surface area contributed by atoms with Crippen molar-refractivity contribution in [3.63, 3.8) is 0 Å². The summed E-state index contributed by atoms with van der Waals surface area (Å²) in [5, 5.41) is 3.61. The predicted octanol–water partition coefficient (Wildman–Crippen LogP) is 2.05. The molecule has 2 rings (SSSR count). The highest BCUT2D eigenvalue weighted by atomic mass is 79.9. The SMILES string of the molecule is Cn1[nH]c(=O)cc1OCC1(CBr)CCCC1. The number of aromatic nitrogens is 2. The van der Waals surface area contributed by atoms with Crippen LogP contribution in [0.25, 0.3) is 0 Å². The number of nitrogens with one attached hydrogen (secondary N) is 1. The summed E-state index contributed by atoms with van der Waals surface area (Å²) in [5.74, 6) is 0.622. The Bertz CT molecular complexity index is 404. The van der Waals surface area contributed by atoms with Crippen molar-refractivity contribution in [2.75, 3.05) is 11.9 Å². The minimum Gasteiger partial charge on any atom is -0.477 e. The topological polar surface area (TPSA) is 47.0 Å². The standard InChI is InChI=1S/C11H17BrN2O2/c1-14-10(6-9(15)13-14)16-8-11(7-12)4-2-3-5-11/h6H,2-5,7-8H2,1H3,(H,13,15). The number of hydrogen-bond acceptors (Lipinski definition) is 2. The van der Waals surface area contributed by atoms with Crippen molar-refractivity contribution >= 4 is 15.9 Å². The highest BCUT2D eigenvalue weighted by Crippen LogP contribution is 2.39. The molecule has 0 radical (unpaired) electrons. The van der Waals surface area contributed by atoms with Gasteiger partial charge in [-0.25, -0.2) is 0 Å². The Morgan fingerprint density at radius 2 is 2.25 bits per heavy atom. The van der Waals surface area contributed by atoms with Gasteiger partial charge >= 0.3 is 0 Å². The van der Waals surface area contributed by atoms with Gasteiger partial charge in [-0.05, 0) is 12.8 Å². The first-order chi connectivity index (χ1) is 7.65. The van der Waals surface area contributed by atoms with E-state index in [9.17, 15) is 4.79 Å². The van der Waals surface area contributed by atoms with Crippen LogP contribution in [0.3, 0.4) is 0 Å². The Hall–Kier alpha value is -0.710. The summed E-state index contributed by atoms with van der Waals surface area (Å²) in [7, 11) is 1.78. The minimum atomic E-state index is -0.114. The summed E-state index contributed by atoms with van der Waals surface area (Å²) in [4.78, 5) is 11.1. The number of halogens is 1. The number of ether oxygens (including phenoxy) is 1. The number of hydrogen-bond donors (Lipinski definition) is 1. The van der Waals surface area contributed by atoms with Crippen LogP contribution in [0.2, 0.25) is 0 Å². The van der Waals surface area contributed by atoms with E-state index >= 15 is 0 Å². The van der Waals surface area contributed by atoms with Crippen LogP contribution >= 0.6 is 15.9 Å². The molecular formula is C11H17BrN2O2. The smallest absolute Gasteiger partial charge is 0.267 e. The van der Waals surface area contributed by atoms with Gasteiger partial charge in [0.2, 0.25) is 5.88 Å². The maximum Gasteiger partial charge on any atom is 0.267 e. The zero-order valence-corrected chi connectivity index (χ0v) is 11.0. The maximum absolute atomic E-state index is 11.1. The average Bonchev–Trinajstić information content (AvgIpc) is 2.84. The molecule has 0 unspecified atom stereocenters. The summed E-state index contributed by atoms with van der Waals surface area (Å²) in [6.45, 7) is 0.684. The van der Waals surface area contributed by atoms with Gasteiger partial charge in [0.1, 0.15) is 0 Å². The second-order valence-electron chi connectivity index (χ2n) is 4.65. The molecule has 0 spiro atoms. The lowest BCUT2D eigenvalue weighted by Gasteiger charge is -2.26. The molecule has 1 aromatic rings. The maximum atomic E-state index is 11.1. The van der Waals surface area contributed by atoms with E-state index in [-0.39, 0.29) is 11.0 Å². The third kappa shape index (κ3) is 2.34. The zero-order valence-electron chi connectivity index (χ0n) is 9.46. The lowest BCUT2D eigenvalue weighted by atomic mass is 9.90. The molecule has 0 aromatic carbocycles. The third-order valence-electron chi connectivity index (χ3n) is 3.34. The van der Waals surface area contributed by atoms with E-state index in [0.29, 0.717) is 12.5 Å². The van der Waals surface area contributed by atoms with E-state index in [2.05, 4.69) is 21.0 Å². The first-order valence-electron chi connectivity index (χ1n) is 5.60. The fraction of sp³-hybridized carbons (Fsp3) is 0.727. The van der Waals surface area contributed by atoms with Crippen LogP contribution in [-0.2, 0) is 7.05 Å². The van der Waals surface area contributed by atoms with Gasteiger partial charge in [0.05, 0.1) is 12.7 Å². The van der Waals surface area contributed by atoms with Crippen molar-refractivity contribution in [2.24, 2.45) is 12.5 Å². The number of aromatic amines is 1. The summed E-state index contributed by atoms with van der Waals surface area (Å²) in [6.07, 6.45) is 4.97. The van der Waals surface area contributed by atoms with Gasteiger partial charge in [0.15, 0.2) is 0 Å². The van der Waals surface area contributed by atoms with Crippen LogP contribution in [0.5, 0.6) is 5.88 Å². The normalized spacial score (nSPS) is 18.9. The van der Waals surface area contributed by atoms with E-state index in [1.165, 1.54) is 31.7 Å². The molecule has 16 heavy (non-hydrogen) atoms. The molecular weight excluding hydrogens is 272 g/mol. The van der Waals surface area contributed by atoms with E-state index in [1.807, 2.05) is 0 Å². The van der Waals surface area contributed by atoms with Gasteiger partial charge < -0.3 is 4.74 Å². The third-order valence-corrected chi connectivity index (χ3v) is 4.53. The molecule has 0 amide bonds. The summed E-state index contributed by atoms with van der Waals surface area (Å²) in [5.41, 5.74) is 0.143. The van der Waals surface area contributed by atoms with Crippen molar-refractivity contribution in [3.05, 3.63) is 16.4 Å². The van der Waals surface area contributed by atoms with Gasteiger partial charge in [-0.2, -0.15) is 0 Å². The Balaban J connectivity index is 2.01. The second-order valence-corrected chi connectivity index (χ2v) is 5.21. The van der Waals surface area contributed by atoms with Gasteiger partial charge in [0.25, 0.3) is 5.56 Å². The van der Waals surface area contributed by atoms with E-state index in [4.69, 9.17) is 4.74 Å². The van der Waals surface area contributed by atoms with Gasteiger partial charge in [-0.3, -0.25) is 14.6 Å². The van der Waals surface area contributed by atoms with Crippen LogP contribution in [0.15, 0.2) is 10.9 Å². The Labute approximate surface area is 103 Å². The monoisotopic (exact) mass is 288 g/mol. The number of rotatable bonds is 4. The number of aryl methyl sites for hydroxylation is 1. The Morgan fingerprint density at radius 1 is 1.56 bits per heavy atom. The van der Waals surface area contributed by atoms with Crippen molar-refractivity contribution in [2.45, 2.75) is 25.7 Å². The fourth-order valence-electron chi connectivity index (χ4n) is 2.27. The molecule has 0 aliphatic heterocycles. The summed E-state index contributed by atoms with van der Waals surface area (Å²) >= 11 is 3.57. The largest absolute Gasteiger partial charge is 0.477 e. The van der Waals surface area contributed by atoms with Crippen molar-refractivity contribution in [3.8, 4) is 5.88 Å². The van der Waals surface area contributed by atoms with E-state index < -0.39 is 0 Å². The molecule has 4 nitrogen and oxygen atoms in total. The van der Waals surface area contributed by atoms with Crippen LogP contribution in [0.4, 0.5) is 0 Å². The molecule has 1 aliphatic carbocycles. The highest BCUT2D eigenvalue weighted by Gasteiger charge is 2.33. The molecule has 90 valence electrons. The average molecular weight is 289 g/mol. The highest BCUT2D eigenvalue weighted by molar-refractivity contribution is 9.09.